The lowest BCUT2D eigenvalue weighted by atomic mass is 9.43. The van der Waals surface area contributed by atoms with E-state index in [0.29, 0.717) is 18.8 Å². The predicted octanol–water partition coefficient (Wildman–Crippen LogP) is 1.85. The molecule has 3 rings (SSSR count). The SMILES string of the molecule is C[C@@H]1CC[C@H]2[C@](C)(CO)[C@@H](O)CC[C@]2(C)[C@]12CC[C@](CO)(CCO)O2. The van der Waals surface area contributed by atoms with Crippen LogP contribution in [-0.4, -0.2) is 57.6 Å². The minimum atomic E-state index is -0.653. The van der Waals surface area contributed by atoms with Gasteiger partial charge in [-0.05, 0) is 50.4 Å². The van der Waals surface area contributed by atoms with E-state index in [2.05, 4.69) is 13.8 Å². The number of hydrogen-bond acceptors (Lipinski definition) is 5. The van der Waals surface area contributed by atoms with Crippen LogP contribution in [0.15, 0.2) is 0 Å². The first kappa shape index (κ1) is 19.6. The molecule has 1 heterocycles. The van der Waals surface area contributed by atoms with Crippen molar-refractivity contribution in [2.75, 3.05) is 19.8 Å². The molecule has 1 spiro atoms. The van der Waals surface area contributed by atoms with Gasteiger partial charge in [0.05, 0.1) is 30.5 Å². The zero-order valence-corrected chi connectivity index (χ0v) is 16.0. The fraction of sp³-hybridized carbons (Fsp3) is 1.00. The van der Waals surface area contributed by atoms with Gasteiger partial charge >= 0.3 is 0 Å². The van der Waals surface area contributed by atoms with Crippen molar-refractivity contribution in [3.63, 3.8) is 0 Å². The molecule has 7 atom stereocenters. The van der Waals surface area contributed by atoms with Crippen LogP contribution in [0, 0.1) is 22.7 Å². The summed E-state index contributed by atoms with van der Waals surface area (Å²) in [5, 5.41) is 40.2. The highest BCUT2D eigenvalue weighted by molar-refractivity contribution is 5.17. The Labute approximate surface area is 151 Å². The Bertz CT molecular complexity index is 498. The van der Waals surface area contributed by atoms with Crippen molar-refractivity contribution in [3.8, 4) is 0 Å². The molecule has 0 radical (unpaired) electrons. The van der Waals surface area contributed by atoms with E-state index in [4.69, 9.17) is 4.74 Å². The first-order valence-electron chi connectivity index (χ1n) is 9.94. The average Bonchev–Trinajstić information content (AvgIpc) is 2.99. The van der Waals surface area contributed by atoms with Crippen LogP contribution in [0.1, 0.15) is 65.7 Å². The number of fused-ring (bicyclic) bond motifs is 2. The number of hydrogen-bond donors (Lipinski definition) is 4. The van der Waals surface area contributed by atoms with E-state index >= 15 is 0 Å². The summed E-state index contributed by atoms with van der Waals surface area (Å²) in [7, 11) is 0. The van der Waals surface area contributed by atoms with Gasteiger partial charge in [-0.15, -0.1) is 0 Å². The largest absolute Gasteiger partial charge is 0.396 e. The highest BCUT2D eigenvalue weighted by Gasteiger charge is 2.68. The quantitative estimate of drug-likeness (QED) is 0.617. The van der Waals surface area contributed by atoms with Gasteiger partial charge in [0.1, 0.15) is 0 Å². The molecular formula is C20H36O5. The smallest absolute Gasteiger partial charge is 0.0942 e. The van der Waals surface area contributed by atoms with Gasteiger partial charge in [-0.25, -0.2) is 0 Å². The van der Waals surface area contributed by atoms with Crippen molar-refractivity contribution >= 4 is 0 Å². The lowest BCUT2D eigenvalue weighted by molar-refractivity contribution is -0.272. The average molecular weight is 357 g/mol. The molecule has 4 N–H and O–H groups in total. The number of aliphatic hydroxyl groups is 4. The van der Waals surface area contributed by atoms with Gasteiger partial charge in [0.15, 0.2) is 0 Å². The van der Waals surface area contributed by atoms with Crippen LogP contribution in [0.4, 0.5) is 0 Å². The molecule has 3 fully saturated rings. The molecule has 0 bridgehead atoms. The monoisotopic (exact) mass is 356 g/mol. The highest BCUT2D eigenvalue weighted by atomic mass is 16.5. The van der Waals surface area contributed by atoms with Gasteiger partial charge in [0.2, 0.25) is 0 Å². The number of aliphatic hydroxyl groups excluding tert-OH is 4. The fourth-order valence-corrected chi connectivity index (χ4v) is 6.70. The third kappa shape index (κ3) is 2.53. The lowest BCUT2D eigenvalue weighted by Crippen LogP contribution is -2.66. The summed E-state index contributed by atoms with van der Waals surface area (Å²) in [4.78, 5) is 0. The fourth-order valence-electron chi connectivity index (χ4n) is 6.70. The second kappa shape index (κ2) is 6.45. The van der Waals surface area contributed by atoms with E-state index in [-0.39, 0.29) is 36.8 Å². The molecule has 3 aliphatic rings. The van der Waals surface area contributed by atoms with E-state index in [1.54, 1.807) is 0 Å². The Balaban J connectivity index is 2.02. The van der Waals surface area contributed by atoms with Gasteiger partial charge in [0.25, 0.3) is 0 Å². The normalized spacial score (nSPS) is 53.2. The molecule has 5 heteroatoms. The van der Waals surface area contributed by atoms with E-state index in [0.717, 1.165) is 32.1 Å². The van der Waals surface area contributed by atoms with Crippen LogP contribution in [0.25, 0.3) is 0 Å². The molecule has 0 amide bonds. The molecule has 5 nitrogen and oxygen atoms in total. The molecule has 0 aromatic heterocycles. The summed E-state index contributed by atoms with van der Waals surface area (Å²) in [5.41, 5.74) is -1.66. The zero-order chi connectivity index (χ0) is 18.5. The minimum Gasteiger partial charge on any atom is -0.396 e. The predicted molar refractivity (Wildman–Crippen MR) is 95.0 cm³/mol. The van der Waals surface area contributed by atoms with Crippen LogP contribution >= 0.6 is 0 Å². The van der Waals surface area contributed by atoms with Crippen molar-refractivity contribution in [3.05, 3.63) is 0 Å². The maximum absolute atomic E-state index is 10.6. The molecule has 0 aromatic rings. The van der Waals surface area contributed by atoms with Crippen molar-refractivity contribution in [2.45, 2.75) is 83.0 Å². The van der Waals surface area contributed by atoms with E-state index in [9.17, 15) is 20.4 Å². The van der Waals surface area contributed by atoms with Crippen LogP contribution in [0.5, 0.6) is 0 Å². The van der Waals surface area contributed by atoms with Crippen LogP contribution < -0.4 is 0 Å². The highest BCUT2D eigenvalue weighted by Crippen LogP contribution is 2.67. The van der Waals surface area contributed by atoms with E-state index in [1.807, 2.05) is 6.92 Å². The van der Waals surface area contributed by atoms with Crippen molar-refractivity contribution < 1.29 is 25.2 Å². The summed E-state index contributed by atoms with van der Waals surface area (Å²) in [6.07, 6.45) is 5.15. The molecule has 1 saturated heterocycles. The van der Waals surface area contributed by atoms with Gasteiger partial charge in [-0.3, -0.25) is 0 Å². The summed E-state index contributed by atoms with van der Waals surface area (Å²) < 4.78 is 6.75. The van der Waals surface area contributed by atoms with Crippen LogP contribution in [0.2, 0.25) is 0 Å². The lowest BCUT2D eigenvalue weighted by Gasteiger charge is -2.65. The summed E-state index contributed by atoms with van der Waals surface area (Å²) >= 11 is 0. The van der Waals surface area contributed by atoms with Gasteiger partial charge in [-0.2, -0.15) is 0 Å². The molecule has 0 unspecified atom stereocenters. The Morgan fingerprint density at radius 2 is 1.68 bits per heavy atom. The molecule has 1 aliphatic heterocycles. The Morgan fingerprint density at radius 1 is 0.960 bits per heavy atom. The molecule has 2 aliphatic carbocycles. The third-order valence-electron chi connectivity index (χ3n) is 8.46. The summed E-state index contributed by atoms with van der Waals surface area (Å²) in [6.45, 7) is 6.47. The molecule has 2 saturated carbocycles. The summed E-state index contributed by atoms with van der Waals surface area (Å²) in [6, 6.07) is 0. The molecular weight excluding hydrogens is 320 g/mol. The Kier molecular flexibility index (Phi) is 5.05. The number of rotatable bonds is 4. The van der Waals surface area contributed by atoms with E-state index < -0.39 is 17.1 Å². The second-order valence-corrected chi connectivity index (χ2v) is 9.47. The first-order valence-corrected chi connectivity index (χ1v) is 9.94. The third-order valence-corrected chi connectivity index (χ3v) is 8.46. The first-order chi connectivity index (χ1) is 11.7. The standard InChI is InChI=1S/C20H36O5/c1-14-4-5-15-17(2,12-22)16(24)6-7-18(15,3)20(14)9-8-19(13-23,25-20)10-11-21/h14-16,21-24H,4-13H2,1-3H3/t14-,15+,16+,17+,18+,19-,20+/m1/s1. The Morgan fingerprint density at radius 3 is 2.28 bits per heavy atom. The maximum Gasteiger partial charge on any atom is 0.0942 e. The van der Waals surface area contributed by atoms with Gasteiger partial charge < -0.3 is 25.2 Å². The number of ether oxygens (including phenoxy) is 1. The maximum atomic E-state index is 10.6. The van der Waals surface area contributed by atoms with Crippen molar-refractivity contribution in [1.29, 1.82) is 0 Å². The minimum absolute atomic E-state index is 0.0121. The molecule has 146 valence electrons. The Hall–Kier alpha value is -0.200. The second-order valence-electron chi connectivity index (χ2n) is 9.47. The van der Waals surface area contributed by atoms with Crippen molar-refractivity contribution in [2.24, 2.45) is 22.7 Å². The van der Waals surface area contributed by atoms with Crippen molar-refractivity contribution in [1.82, 2.24) is 0 Å². The molecule has 25 heavy (non-hydrogen) atoms. The van der Waals surface area contributed by atoms with Gasteiger partial charge in [-0.1, -0.05) is 20.8 Å². The van der Waals surface area contributed by atoms with Gasteiger partial charge in [0, 0.05) is 23.9 Å². The van der Waals surface area contributed by atoms with Crippen LogP contribution in [-0.2, 0) is 4.74 Å². The zero-order valence-electron chi connectivity index (χ0n) is 16.0. The van der Waals surface area contributed by atoms with Crippen LogP contribution in [0.3, 0.4) is 0 Å². The molecule has 0 aromatic carbocycles. The topological polar surface area (TPSA) is 90.2 Å². The van der Waals surface area contributed by atoms with E-state index in [1.165, 1.54) is 0 Å². The summed E-state index contributed by atoms with van der Waals surface area (Å²) in [5.74, 6) is 0.549.